The predicted molar refractivity (Wildman–Crippen MR) is 130 cm³/mol. The SMILES string of the molecule is CCOC(=O)c1nn(Cc2ccc(Br)cc2)c2c1CCc1cc(-c3ccccc3)c(=O)[nH]c1-2. The van der Waals surface area contributed by atoms with Gasteiger partial charge in [0.2, 0.25) is 0 Å². The molecular formula is C26H22BrN3O3. The molecule has 166 valence electrons. The number of ether oxygens (including phenoxy) is 1. The Morgan fingerprint density at radius 2 is 1.88 bits per heavy atom. The molecule has 5 rings (SSSR count). The fourth-order valence-electron chi connectivity index (χ4n) is 4.33. The Balaban J connectivity index is 1.66. The van der Waals surface area contributed by atoms with E-state index in [2.05, 4.69) is 26.0 Å². The highest BCUT2D eigenvalue weighted by Crippen LogP contribution is 2.35. The van der Waals surface area contributed by atoms with Crippen LogP contribution < -0.4 is 5.56 Å². The van der Waals surface area contributed by atoms with Crippen molar-refractivity contribution in [2.75, 3.05) is 6.61 Å². The first-order valence-electron chi connectivity index (χ1n) is 10.9. The second-order valence-electron chi connectivity index (χ2n) is 7.96. The maximum Gasteiger partial charge on any atom is 0.359 e. The summed E-state index contributed by atoms with van der Waals surface area (Å²) in [5.41, 5.74) is 6.07. The smallest absolute Gasteiger partial charge is 0.359 e. The molecule has 2 aromatic heterocycles. The second-order valence-corrected chi connectivity index (χ2v) is 8.87. The van der Waals surface area contributed by atoms with Gasteiger partial charge in [0.1, 0.15) is 0 Å². The maximum absolute atomic E-state index is 13.1. The minimum absolute atomic E-state index is 0.165. The molecule has 0 saturated heterocycles. The van der Waals surface area contributed by atoms with E-state index < -0.39 is 5.97 Å². The van der Waals surface area contributed by atoms with Crippen LogP contribution in [0, 0.1) is 0 Å². The van der Waals surface area contributed by atoms with Crippen molar-refractivity contribution in [3.05, 3.63) is 97.9 Å². The van der Waals surface area contributed by atoms with Crippen LogP contribution in [-0.4, -0.2) is 27.3 Å². The molecule has 1 N–H and O–H groups in total. The first-order valence-corrected chi connectivity index (χ1v) is 11.7. The molecule has 0 fully saturated rings. The summed E-state index contributed by atoms with van der Waals surface area (Å²) in [6, 6.07) is 19.6. The average molecular weight is 504 g/mol. The Labute approximate surface area is 199 Å². The monoisotopic (exact) mass is 503 g/mol. The Morgan fingerprint density at radius 1 is 1.12 bits per heavy atom. The van der Waals surface area contributed by atoms with Gasteiger partial charge in [0.25, 0.3) is 5.56 Å². The van der Waals surface area contributed by atoms with E-state index in [0.29, 0.717) is 30.6 Å². The van der Waals surface area contributed by atoms with Crippen LogP contribution in [0.15, 0.2) is 69.9 Å². The van der Waals surface area contributed by atoms with Gasteiger partial charge in [0.05, 0.1) is 24.5 Å². The third-order valence-corrected chi connectivity index (χ3v) is 6.38. The molecule has 0 amide bonds. The summed E-state index contributed by atoms with van der Waals surface area (Å²) in [5, 5.41) is 4.65. The molecule has 1 aliphatic rings. The summed E-state index contributed by atoms with van der Waals surface area (Å²) in [5.74, 6) is -0.435. The average Bonchev–Trinajstić information content (AvgIpc) is 3.20. The van der Waals surface area contributed by atoms with Crippen LogP contribution >= 0.6 is 15.9 Å². The number of rotatable bonds is 5. The molecule has 2 aromatic carbocycles. The lowest BCUT2D eigenvalue weighted by Gasteiger charge is -2.19. The molecule has 0 radical (unpaired) electrons. The zero-order valence-electron chi connectivity index (χ0n) is 18.1. The van der Waals surface area contributed by atoms with Gasteiger partial charge < -0.3 is 9.72 Å². The Hall–Kier alpha value is -3.45. The molecule has 0 saturated carbocycles. The molecule has 0 unspecified atom stereocenters. The first-order chi connectivity index (χ1) is 16.0. The van der Waals surface area contributed by atoms with E-state index in [1.54, 1.807) is 11.6 Å². The fraction of sp³-hybridized carbons (Fsp3) is 0.192. The van der Waals surface area contributed by atoms with Crippen molar-refractivity contribution >= 4 is 21.9 Å². The van der Waals surface area contributed by atoms with E-state index in [0.717, 1.165) is 38.1 Å². The van der Waals surface area contributed by atoms with Crippen molar-refractivity contribution in [2.24, 2.45) is 0 Å². The van der Waals surface area contributed by atoms with Crippen molar-refractivity contribution in [3.8, 4) is 22.5 Å². The van der Waals surface area contributed by atoms with Crippen molar-refractivity contribution in [1.82, 2.24) is 14.8 Å². The van der Waals surface area contributed by atoms with Gasteiger partial charge in [-0.05, 0) is 54.7 Å². The fourth-order valence-corrected chi connectivity index (χ4v) is 4.59. The number of hydrogen-bond donors (Lipinski definition) is 1. The number of fused-ring (bicyclic) bond motifs is 3. The molecule has 7 heteroatoms. The van der Waals surface area contributed by atoms with Crippen molar-refractivity contribution in [1.29, 1.82) is 0 Å². The third-order valence-electron chi connectivity index (χ3n) is 5.85. The van der Waals surface area contributed by atoms with E-state index in [4.69, 9.17) is 4.74 Å². The molecule has 0 spiro atoms. The molecule has 0 atom stereocenters. The number of aromatic nitrogens is 3. The summed E-state index contributed by atoms with van der Waals surface area (Å²) < 4.78 is 8.07. The first kappa shape index (κ1) is 21.4. The largest absolute Gasteiger partial charge is 0.461 e. The highest BCUT2D eigenvalue weighted by Gasteiger charge is 2.30. The number of aryl methyl sites for hydroxylation is 1. The number of H-pyrrole nitrogens is 1. The maximum atomic E-state index is 13.1. The van der Waals surface area contributed by atoms with Gasteiger partial charge in [-0.15, -0.1) is 0 Å². The van der Waals surface area contributed by atoms with Crippen molar-refractivity contribution in [3.63, 3.8) is 0 Å². The Bertz CT molecular complexity index is 1390. The number of hydrogen-bond acceptors (Lipinski definition) is 4. The lowest BCUT2D eigenvalue weighted by Crippen LogP contribution is -2.18. The second kappa shape index (κ2) is 8.83. The van der Waals surface area contributed by atoms with Gasteiger partial charge in [-0.2, -0.15) is 5.10 Å². The van der Waals surface area contributed by atoms with Gasteiger partial charge in [-0.25, -0.2) is 4.79 Å². The van der Waals surface area contributed by atoms with Gasteiger partial charge in [-0.3, -0.25) is 9.48 Å². The standard InChI is InChI=1S/C26H22BrN3O3/c1-2-33-26(32)23-20-13-10-18-14-21(17-6-4-3-5-7-17)25(31)28-22(18)24(20)30(29-23)15-16-8-11-19(27)12-9-16/h3-9,11-12,14H,2,10,13,15H2,1H3,(H,28,31). The number of carbonyl (C=O) groups is 1. The number of carbonyl (C=O) groups excluding carboxylic acids is 1. The summed E-state index contributed by atoms with van der Waals surface area (Å²) in [4.78, 5) is 28.8. The van der Waals surface area contributed by atoms with Crippen LogP contribution in [0.5, 0.6) is 0 Å². The molecule has 33 heavy (non-hydrogen) atoms. The van der Waals surface area contributed by atoms with Gasteiger partial charge >= 0.3 is 5.97 Å². The molecule has 1 aliphatic carbocycles. The third kappa shape index (κ3) is 4.04. The van der Waals surface area contributed by atoms with Crippen LogP contribution in [-0.2, 0) is 24.1 Å². The summed E-state index contributed by atoms with van der Waals surface area (Å²) in [6.07, 6.45) is 1.35. The lowest BCUT2D eigenvalue weighted by atomic mass is 9.90. The lowest BCUT2D eigenvalue weighted by molar-refractivity contribution is 0.0517. The highest BCUT2D eigenvalue weighted by molar-refractivity contribution is 9.10. The Morgan fingerprint density at radius 3 is 2.61 bits per heavy atom. The van der Waals surface area contributed by atoms with Crippen LogP contribution in [0.25, 0.3) is 22.5 Å². The zero-order valence-corrected chi connectivity index (χ0v) is 19.7. The summed E-state index contributed by atoms with van der Waals surface area (Å²) in [6.45, 7) is 2.53. The number of esters is 1. The Kier molecular flexibility index (Phi) is 5.72. The number of halogens is 1. The van der Waals surface area contributed by atoms with Crippen LogP contribution in [0.3, 0.4) is 0 Å². The van der Waals surface area contributed by atoms with Crippen LogP contribution in [0.2, 0.25) is 0 Å². The molecular weight excluding hydrogens is 482 g/mol. The van der Waals surface area contributed by atoms with E-state index in [9.17, 15) is 9.59 Å². The van der Waals surface area contributed by atoms with Gasteiger partial charge in [-0.1, -0.05) is 58.4 Å². The minimum Gasteiger partial charge on any atom is -0.461 e. The summed E-state index contributed by atoms with van der Waals surface area (Å²) >= 11 is 3.46. The van der Waals surface area contributed by atoms with E-state index in [-0.39, 0.29) is 12.2 Å². The zero-order chi connectivity index (χ0) is 22.9. The van der Waals surface area contributed by atoms with E-state index in [1.165, 1.54) is 0 Å². The van der Waals surface area contributed by atoms with Crippen molar-refractivity contribution < 1.29 is 9.53 Å². The number of aromatic amines is 1. The summed E-state index contributed by atoms with van der Waals surface area (Å²) in [7, 11) is 0. The van der Waals surface area contributed by atoms with Crippen LogP contribution in [0.1, 0.15) is 34.1 Å². The molecule has 0 bridgehead atoms. The quantitative estimate of drug-likeness (QED) is 0.389. The van der Waals surface area contributed by atoms with E-state index >= 15 is 0 Å². The number of nitrogens with one attached hydrogen (secondary N) is 1. The van der Waals surface area contributed by atoms with Crippen molar-refractivity contribution in [2.45, 2.75) is 26.3 Å². The van der Waals surface area contributed by atoms with Crippen LogP contribution in [0.4, 0.5) is 0 Å². The molecule has 2 heterocycles. The number of benzene rings is 2. The normalized spacial score (nSPS) is 12.2. The molecule has 6 nitrogen and oxygen atoms in total. The number of nitrogens with zero attached hydrogens (tertiary/aromatic N) is 2. The highest BCUT2D eigenvalue weighted by atomic mass is 79.9. The van der Waals surface area contributed by atoms with E-state index in [1.807, 2.05) is 60.7 Å². The minimum atomic E-state index is -0.435. The molecule has 0 aliphatic heterocycles. The predicted octanol–water partition coefficient (Wildman–Crippen LogP) is 4.99. The van der Waals surface area contributed by atoms with Gasteiger partial charge in [0.15, 0.2) is 5.69 Å². The topological polar surface area (TPSA) is 77.0 Å². The molecule has 4 aromatic rings. The van der Waals surface area contributed by atoms with Gasteiger partial charge in [0, 0.05) is 15.6 Å². The number of pyridine rings is 1.